The highest BCUT2D eigenvalue weighted by atomic mass is 35.5. The smallest absolute Gasteiger partial charge is 0.211 e. The average molecular weight is 253 g/mol. The lowest BCUT2D eigenvalue weighted by Gasteiger charge is -2.32. The van der Waals surface area contributed by atoms with E-state index >= 15 is 0 Å². The SMILES string of the molecule is CS(=O)(=O)N1CCN(CC=CCCl)CC1. The van der Waals surface area contributed by atoms with Crippen molar-refractivity contribution in [1.29, 1.82) is 0 Å². The van der Waals surface area contributed by atoms with Crippen molar-refractivity contribution in [3.8, 4) is 0 Å². The summed E-state index contributed by atoms with van der Waals surface area (Å²) >= 11 is 5.51. The van der Waals surface area contributed by atoms with Crippen molar-refractivity contribution >= 4 is 21.6 Å². The van der Waals surface area contributed by atoms with Crippen LogP contribution in [0.1, 0.15) is 0 Å². The van der Waals surface area contributed by atoms with Gasteiger partial charge in [-0.15, -0.1) is 11.6 Å². The fraction of sp³-hybridized carbons (Fsp3) is 0.778. The summed E-state index contributed by atoms with van der Waals surface area (Å²) in [4.78, 5) is 2.21. The standard InChI is InChI=1S/C9H17ClN2O2S/c1-15(13,14)12-8-6-11(7-9-12)5-3-2-4-10/h2-3H,4-9H2,1H3. The average Bonchev–Trinajstić information content (AvgIpc) is 2.18. The van der Waals surface area contributed by atoms with Gasteiger partial charge in [-0.3, -0.25) is 4.90 Å². The summed E-state index contributed by atoms with van der Waals surface area (Å²) in [5.74, 6) is 0.531. The molecular formula is C9H17ClN2O2S. The van der Waals surface area contributed by atoms with Crippen molar-refractivity contribution in [1.82, 2.24) is 9.21 Å². The topological polar surface area (TPSA) is 40.6 Å². The van der Waals surface area contributed by atoms with Crippen molar-refractivity contribution in [3.05, 3.63) is 12.2 Å². The highest BCUT2D eigenvalue weighted by Gasteiger charge is 2.22. The lowest BCUT2D eigenvalue weighted by Crippen LogP contribution is -2.48. The number of alkyl halides is 1. The summed E-state index contributed by atoms with van der Waals surface area (Å²) < 4.78 is 24.0. The molecule has 0 aromatic heterocycles. The van der Waals surface area contributed by atoms with Crippen LogP contribution < -0.4 is 0 Å². The van der Waals surface area contributed by atoms with Crippen LogP contribution in [0.25, 0.3) is 0 Å². The minimum absolute atomic E-state index is 0.531. The third kappa shape index (κ3) is 4.51. The van der Waals surface area contributed by atoms with E-state index in [0.29, 0.717) is 19.0 Å². The van der Waals surface area contributed by atoms with Gasteiger partial charge in [0.05, 0.1) is 6.26 Å². The maximum Gasteiger partial charge on any atom is 0.211 e. The van der Waals surface area contributed by atoms with Gasteiger partial charge in [0.15, 0.2) is 0 Å². The highest BCUT2D eigenvalue weighted by Crippen LogP contribution is 2.05. The molecule has 6 heteroatoms. The van der Waals surface area contributed by atoms with Gasteiger partial charge in [0, 0.05) is 38.6 Å². The molecule has 0 aliphatic carbocycles. The molecule has 1 saturated heterocycles. The van der Waals surface area contributed by atoms with Crippen LogP contribution in [0.3, 0.4) is 0 Å². The van der Waals surface area contributed by atoms with E-state index in [9.17, 15) is 8.42 Å². The van der Waals surface area contributed by atoms with E-state index in [1.165, 1.54) is 10.6 Å². The van der Waals surface area contributed by atoms with Crippen LogP contribution in [-0.2, 0) is 10.0 Å². The number of allylic oxidation sites excluding steroid dienone is 1. The summed E-state index contributed by atoms with van der Waals surface area (Å²) in [5.41, 5.74) is 0. The lowest BCUT2D eigenvalue weighted by atomic mass is 10.3. The summed E-state index contributed by atoms with van der Waals surface area (Å²) in [6.07, 6.45) is 5.18. The van der Waals surface area contributed by atoms with Gasteiger partial charge in [0.1, 0.15) is 0 Å². The Morgan fingerprint density at radius 3 is 2.27 bits per heavy atom. The van der Waals surface area contributed by atoms with Crippen LogP contribution in [0, 0.1) is 0 Å². The summed E-state index contributed by atoms with van der Waals surface area (Å²) in [7, 11) is -3.01. The molecule has 4 nitrogen and oxygen atoms in total. The van der Waals surface area contributed by atoms with Crippen molar-refractivity contribution < 1.29 is 8.42 Å². The molecule has 0 aromatic carbocycles. The largest absolute Gasteiger partial charge is 0.297 e. The molecule has 0 saturated carbocycles. The first-order valence-electron chi connectivity index (χ1n) is 4.92. The van der Waals surface area contributed by atoms with Gasteiger partial charge in [-0.25, -0.2) is 8.42 Å². The molecule has 1 aliphatic rings. The number of hydrogen-bond donors (Lipinski definition) is 0. The van der Waals surface area contributed by atoms with Crippen molar-refractivity contribution in [3.63, 3.8) is 0 Å². The van der Waals surface area contributed by atoms with Crippen LogP contribution in [0.15, 0.2) is 12.2 Å². The van der Waals surface area contributed by atoms with E-state index < -0.39 is 10.0 Å². The summed E-state index contributed by atoms with van der Waals surface area (Å²) in [6, 6.07) is 0. The van der Waals surface area contributed by atoms with Crippen molar-refractivity contribution in [2.24, 2.45) is 0 Å². The first-order chi connectivity index (χ1) is 7.04. The second-order valence-electron chi connectivity index (χ2n) is 3.59. The molecule has 1 aliphatic heterocycles. The Balaban J connectivity index is 2.33. The molecule has 0 radical (unpaired) electrons. The molecule has 0 N–H and O–H groups in total. The normalized spacial score (nSPS) is 21.2. The first kappa shape index (κ1) is 13.0. The predicted molar refractivity (Wildman–Crippen MR) is 62.7 cm³/mol. The van der Waals surface area contributed by atoms with Crippen LogP contribution in [0.4, 0.5) is 0 Å². The fourth-order valence-electron chi connectivity index (χ4n) is 1.53. The van der Waals surface area contributed by atoms with Crippen molar-refractivity contribution in [2.75, 3.05) is 44.9 Å². The Hall–Kier alpha value is -0.100. The minimum atomic E-state index is -3.01. The van der Waals surface area contributed by atoms with E-state index in [-0.39, 0.29) is 0 Å². The molecule has 0 aromatic rings. The Kier molecular flexibility index (Phi) is 5.05. The van der Waals surface area contributed by atoms with Crippen LogP contribution in [-0.4, -0.2) is 62.5 Å². The molecule has 0 unspecified atom stereocenters. The molecule has 0 bridgehead atoms. The molecular weight excluding hydrogens is 236 g/mol. The van der Waals surface area contributed by atoms with Crippen molar-refractivity contribution in [2.45, 2.75) is 0 Å². The Morgan fingerprint density at radius 2 is 1.80 bits per heavy atom. The molecule has 88 valence electrons. The molecule has 0 amide bonds. The zero-order valence-corrected chi connectivity index (χ0v) is 10.5. The van der Waals surface area contributed by atoms with Gasteiger partial charge >= 0.3 is 0 Å². The Labute approximate surface area is 96.5 Å². The molecule has 0 atom stereocenters. The van der Waals surface area contributed by atoms with Crippen LogP contribution in [0.2, 0.25) is 0 Å². The van der Waals surface area contributed by atoms with Gasteiger partial charge in [-0.2, -0.15) is 4.31 Å². The monoisotopic (exact) mass is 252 g/mol. The Bertz CT molecular complexity index is 308. The number of halogens is 1. The van der Waals surface area contributed by atoms with Gasteiger partial charge in [0.2, 0.25) is 10.0 Å². The number of nitrogens with zero attached hydrogens (tertiary/aromatic N) is 2. The summed E-state index contributed by atoms with van der Waals surface area (Å²) in [6.45, 7) is 3.62. The third-order valence-corrected chi connectivity index (χ3v) is 3.90. The molecule has 1 rings (SSSR count). The van der Waals surface area contributed by atoms with E-state index in [1.54, 1.807) is 0 Å². The van der Waals surface area contributed by atoms with Gasteiger partial charge in [-0.05, 0) is 0 Å². The quantitative estimate of drug-likeness (QED) is 0.536. The van der Waals surface area contributed by atoms with E-state index in [4.69, 9.17) is 11.6 Å². The second kappa shape index (κ2) is 5.84. The van der Waals surface area contributed by atoms with E-state index in [1.807, 2.05) is 12.2 Å². The number of rotatable bonds is 4. The number of piperazine rings is 1. The fourth-order valence-corrected chi connectivity index (χ4v) is 2.48. The van der Waals surface area contributed by atoms with E-state index in [2.05, 4.69) is 4.90 Å². The number of hydrogen-bond acceptors (Lipinski definition) is 3. The van der Waals surface area contributed by atoms with E-state index in [0.717, 1.165) is 19.6 Å². The molecule has 1 heterocycles. The second-order valence-corrected chi connectivity index (χ2v) is 5.88. The minimum Gasteiger partial charge on any atom is -0.297 e. The van der Waals surface area contributed by atoms with Gasteiger partial charge < -0.3 is 0 Å². The first-order valence-corrected chi connectivity index (χ1v) is 7.31. The van der Waals surface area contributed by atoms with Crippen LogP contribution >= 0.6 is 11.6 Å². The van der Waals surface area contributed by atoms with Gasteiger partial charge in [-0.1, -0.05) is 12.2 Å². The summed E-state index contributed by atoms with van der Waals surface area (Å²) in [5, 5.41) is 0. The Morgan fingerprint density at radius 1 is 1.20 bits per heavy atom. The van der Waals surface area contributed by atoms with Gasteiger partial charge in [0.25, 0.3) is 0 Å². The molecule has 15 heavy (non-hydrogen) atoms. The van der Waals surface area contributed by atoms with Crippen LogP contribution in [0.5, 0.6) is 0 Å². The predicted octanol–water partition coefficient (Wildman–Crippen LogP) is 0.359. The lowest BCUT2D eigenvalue weighted by molar-refractivity contribution is 0.205. The zero-order valence-electron chi connectivity index (χ0n) is 8.89. The third-order valence-electron chi connectivity index (χ3n) is 2.42. The highest BCUT2D eigenvalue weighted by molar-refractivity contribution is 7.88. The maximum absolute atomic E-state index is 11.2. The maximum atomic E-state index is 11.2. The molecule has 0 spiro atoms. The molecule has 1 fully saturated rings. The zero-order chi connectivity index (χ0) is 11.3. The number of sulfonamides is 1.